The first-order valence-corrected chi connectivity index (χ1v) is 1.66. The lowest BCUT2D eigenvalue weighted by Gasteiger charge is -1.89. The van der Waals surface area contributed by atoms with Gasteiger partial charge in [0.2, 0.25) is 0 Å². The van der Waals surface area contributed by atoms with E-state index in [2.05, 4.69) is 0 Å². The summed E-state index contributed by atoms with van der Waals surface area (Å²) in [6.45, 7) is 0. The quantitative estimate of drug-likeness (QED) is 0.338. The second-order valence-electron chi connectivity index (χ2n) is 1.09. The Morgan fingerprint density at radius 1 is 1.62 bits per heavy atom. The standard InChI is InChI=1S/C2H7NO.HNO3/c1-3(2)4;2-1(3)4/h4H,1-2H3;(H,2,3,4). The van der Waals surface area contributed by atoms with E-state index >= 15 is 0 Å². The second kappa shape index (κ2) is 6.12. The molecule has 6 heteroatoms. The molecule has 0 aliphatic heterocycles. The van der Waals surface area contributed by atoms with E-state index in [1.165, 1.54) is 0 Å². The third-order valence-electron chi connectivity index (χ3n) is 0. The molecule has 8 heavy (non-hydrogen) atoms. The average Bonchev–Trinajstić information content (AvgIpc) is 1.25. The van der Waals surface area contributed by atoms with Crippen LogP contribution in [0.3, 0.4) is 0 Å². The van der Waals surface area contributed by atoms with E-state index < -0.39 is 5.09 Å². The van der Waals surface area contributed by atoms with Crippen molar-refractivity contribution in [3.05, 3.63) is 10.1 Å². The van der Waals surface area contributed by atoms with Gasteiger partial charge in [-0.25, -0.2) is 0 Å². The number of rotatable bonds is 0. The zero-order chi connectivity index (χ0) is 7.15. The third kappa shape index (κ3) is 112. The van der Waals surface area contributed by atoms with Crippen LogP contribution >= 0.6 is 0 Å². The molecule has 0 saturated heterocycles. The van der Waals surface area contributed by atoms with E-state index in [4.69, 9.17) is 20.5 Å². The molecule has 0 heterocycles. The maximum absolute atomic E-state index is 8.36. The zero-order valence-corrected chi connectivity index (χ0v) is 4.61. The Morgan fingerprint density at radius 3 is 1.62 bits per heavy atom. The average molecular weight is 124 g/mol. The molecule has 0 rings (SSSR count). The highest BCUT2D eigenvalue weighted by atomic mass is 16.9. The summed E-state index contributed by atoms with van der Waals surface area (Å²) >= 11 is 0. The van der Waals surface area contributed by atoms with Gasteiger partial charge >= 0.3 is 0 Å². The van der Waals surface area contributed by atoms with E-state index in [0.29, 0.717) is 0 Å². The van der Waals surface area contributed by atoms with Gasteiger partial charge in [-0.15, -0.1) is 10.1 Å². The maximum Gasteiger partial charge on any atom is 0.291 e. The molecule has 0 radical (unpaired) electrons. The van der Waals surface area contributed by atoms with Crippen molar-refractivity contribution < 1.29 is 15.5 Å². The minimum absolute atomic E-state index is 1.00. The molecule has 0 spiro atoms. The van der Waals surface area contributed by atoms with Gasteiger partial charge in [-0.3, -0.25) is 0 Å². The van der Waals surface area contributed by atoms with Crippen LogP contribution in [0.5, 0.6) is 0 Å². The van der Waals surface area contributed by atoms with Crippen molar-refractivity contribution in [3.63, 3.8) is 0 Å². The van der Waals surface area contributed by atoms with Gasteiger partial charge in [0.05, 0.1) is 0 Å². The molecule has 0 aromatic heterocycles. The smallest absolute Gasteiger partial charge is 0.291 e. The monoisotopic (exact) mass is 124 g/mol. The minimum atomic E-state index is -1.50. The highest BCUT2D eigenvalue weighted by Gasteiger charge is 1.65. The molecule has 0 atom stereocenters. The summed E-state index contributed by atoms with van der Waals surface area (Å²) in [5.74, 6) is 0. The summed E-state index contributed by atoms with van der Waals surface area (Å²) < 4.78 is 0. The molecule has 6 nitrogen and oxygen atoms in total. The Morgan fingerprint density at radius 2 is 1.62 bits per heavy atom. The van der Waals surface area contributed by atoms with Gasteiger partial charge in [0.15, 0.2) is 0 Å². The normalized spacial score (nSPS) is 7.50. The molecule has 0 fully saturated rings. The highest BCUT2D eigenvalue weighted by molar-refractivity contribution is 3.90. The Labute approximate surface area is 46.0 Å². The molecule has 0 amide bonds. The first-order chi connectivity index (χ1) is 3.46. The van der Waals surface area contributed by atoms with Crippen molar-refractivity contribution in [1.29, 1.82) is 0 Å². The third-order valence-corrected chi connectivity index (χ3v) is 0. The van der Waals surface area contributed by atoms with E-state index in [1.807, 2.05) is 0 Å². The van der Waals surface area contributed by atoms with Crippen LogP contribution in [0.2, 0.25) is 0 Å². The van der Waals surface area contributed by atoms with Crippen molar-refractivity contribution in [2.75, 3.05) is 14.1 Å². The van der Waals surface area contributed by atoms with E-state index in [9.17, 15) is 0 Å². The molecular formula is C2H8N2O4. The molecule has 0 unspecified atom stereocenters. The number of hydrogen-bond acceptors (Lipinski definition) is 4. The molecule has 2 N–H and O–H groups in total. The molecule has 0 aliphatic rings. The van der Waals surface area contributed by atoms with Crippen LogP contribution in [0, 0.1) is 10.1 Å². The number of nitrogens with zero attached hydrogens (tertiary/aromatic N) is 2. The van der Waals surface area contributed by atoms with Gasteiger partial charge in [-0.05, 0) is 0 Å². The molecule has 0 aromatic rings. The molecular weight excluding hydrogens is 116 g/mol. The minimum Gasteiger partial charge on any atom is -0.328 e. The van der Waals surface area contributed by atoms with Crippen LogP contribution < -0.4 is 0 Å². The van der Waals surface area contributed by atoms with Crippen molar-refractivity contribution in [3.8, 4) is 0 Å². The fraction of sp³-hybridized carbons (Fsp3) is 1.00. The first kappa shape index (κ1) is 10.2. The lowest BCUT2D eigenvalue weighted by Crippen LogP contribution is -2.01. The van der Waals surface area contributed by atoms with Crippen LogP contribution in [0.15, 0.2) is 0 Å². The van der Waals surface area contributed by atoms with Crippen molar-refractivity contribution in [1.82, 2.24) is 5.06 Å². The number of hydrogen-bond donors (Lipinski definition) is 2. The Balaban J connectivity index is 0. The van der Waals surface area contributed by atoms with E-state index in [0.717, 1.165) is 5.06 Å². The first-order valence-electron chi connectivity index (χ1n) is 1.66. The van der Waals surface area contributed by atoms with Gasteiger partial charge in [0, 0.05) is 14.1 Å². The SMILES string of the molecule is CN(C)O.O=[N+]([O-])O. The Bertz CT molecular complexity index is 56.3. The van der Waals surface area contributed by atoms with Crippen LogP contribution in [-0.4, -0.2) is 34.7 Å². The Kier molecular flexibility index (Phi) is 7.78. The lowest BCUT2D eigenvalue weighted by atomic mass is 11.2. The molecule has 0 saturated carbocycles. The summed E-state index contributed by atoms with van der Waals surface area (Å²) in [7, 11) is 3.11. The van der Waals surface area contributed by atoms with Gasteiger partial charge in [-0.2, -0.15) is 5.06 Å². The van der Waals surface area contributed by atoms with Crippen molar-refractivity contribution in [2.24, 2.45) is 0 Å². The maximum atomic E-state index is 8.36. The zero-order valence-electron chi connectivity index (χ0n) is 4.61. The summed E-state index contributed by atoms with van der Waals surface area (Å²) in [6, 6.07) is 0. The highest BCUT2D eigenvalue weighted by Crippen LogP contribution is 1.46. The van der Waals surface area contributed by atoms with Gasteiger partial charge < -0.3 is 10.4 Å². The fourth-order valence-corrected chi connectivity index (χ4v) is 0. The van der Waals surface area contributed by atoms with Gasteiger partial charge in [0.25, 0.3) is 5.09 Å². The van der Waals surface area contributed by atoms with Crippen molar-refractivity contribution in [2.45, 2.75) is 0 Å². The Hall–Kier alpha value is -0.880. The largest absolute Gasteiger partial charge is 0.328 e. The molecule has 0 aromatic carbocycles. The molecule has 0 bridgehead atoms. The van der Waals surface area contributed by atoms with Crippen LogP contribution in [0.25, 0.3) is 0 Å². The van der Waals surface area contributed by atoms with Gasteiger partial charge in [-0.1, -0.05) is 0 Å². The van der Waals surface area contributed by atoms with Crippen LogP contribution in [0.1, 0.15) is 0 Å². The topological polar surface area (TPSA) is 86.8 Å². The second-order valence-corrected chi connectivity index (χ2v) is 1.09. The summed E-state index contributed by atoms with van der Waals surface area (Å²) in [6.07, 6.45) is 0. The summed E-state index contributed by atoms with van der Waals surface area (Å²) in [5.41, 5.74) is 0. The summed E-state index contributed by atoms with van der Waals surface area (Å²) in [4.78, 5) is 8.36. The predicted octanol–water partition coefficient (Wildman–Crippen LogP) is -0.411. The van der Waals surface area contributed by atoms with Crippen LogP contribution in [0.4, 0.5) is 0 Å². The van der Waals surface area contributed by atoms with Crippen molar-refractivity contribution >= 4 is 0 Å². The van der Waals surface area contributed by atoms with Gasteiger partial charge in [0.1, 0.15) is 0 Å². The summed E-state index contributed by atoms with van der Waals surface area (Å²) in [5, 5.41) is 22.5. The van der Waals surface area contributed by atoms with Crippen LogP contribution in [-0.2, 0) is 0 Å². The fourth-order valence-electron chi connectivity index (χ4n) is 0. The van der Waals surface area contributed by atoms with E-state index in [1.54, 1.807) is 14.1 Å². The molecule has 0 aliphatic carbocycles. The number of hydroxylamine groups is 2. The molecule has 50 valence electrons. The predicted molar refractivity (Wildman–Crippen MR) is 24.3 cm³/mol. The lowest BCUT2D eigenvalue weighted by molar-refractivity contribution is -0.742. The van der Waals surface area contributed by atoms with E-state index in [-0.39, 0.29) is 0 Å².